The molecule has 3 N–H and O–H groups in total. The van der Waals surface area contributed by atoms with Crippen molar-refractivity contribution in [2.45, 2.75) is 31.7 Å². The van der Waals surface area contributed by atoms with Gasteiger partial charge in [0.05, 0.1) is 3.57 Å². The van der Waals surface area contributed by atoms with Crippen molar-refractivity contribution in [1.82, 2.24) is 15.2 Å². The maximum Gasteiger partial charge on any atom is 0.180 e. The van der Waals surface area contributed by atoms with E-state index in [0.717, 1.165) is 24.1 Å². The molecule has 0 aliphatic heterocycles. The maximum absolute atomic E-state index is 14.8. The summed E-state index contributed by atoms with van der Waals surface area (Å²) in [5.74, 6) is 0.246. The van der Waals surface area contributed by atoms with Gasteiger partial charge in [-0.1, -0.05) is 12.1 Å². The van der Waals surface area contributed by atoms with Gasteiger partial charge in [-0.25, -0.2) is 13.8 Å². The summed E-state index contributed by atoms with van der Waals surface area (Å²) < 4.78 is 28.1. The van der Waals surface area contributed by atoms with Crippen LogP contribution >= 0.6 is 22.6 Å². The first-order chi connectivity index (χ1) is 14.0. The Hall–Kier alpha value is -2.74. The number of halogens is 3. The van der Waals surface area contributed by atoms with Crippen molar-refractivity contribution in [2.75, 3.05) is 10.6 Å². The Morgan fingerprint density at radius 2 is 1.97 bits per heavy atom. The molecule has 3 aromatic rings. The summed E-state index contributed by atoms with van der Waals surface area (Å²) >= 11 is 1.80. The molecular weight excluding hydrogens is 489 g/mol. The molecule has 148 valence electrons. The van der Waals surface area contributed by atoms with Crippen molar-refractivity contribution in [3.63, 3.8) is 0 Å². The van der Waals surface area contributed by atoms with Gasteiger partial charge in [0.1, 0.15) is 23.3 Å². The molecule has 0 radical (unpaired) electrons. The van der Waals surface area contributed by atoms with Crippen LogP contribution < -0.4 is 10.6 Å². The first-order valence-corrected chi connectivity index (χ1v) is 10.2. The second-order valence-electron chi connectivity index (χ2n) is 6.95. The zero-order chi connectivity index (χ0) is 20.5. The van der Waals surface area contributed by atoms with Gasteiger partial charge < -0.3 is 10.6 Å². The topological polar surface area (TPSA) is 89.4 Å². The highest BCUT2D eigenvalue weighted by Crippen LogP contribution is 2.40. The van der Waals surface area contributed by atoms with E-state index in [-0.39, 0.29) is 32.6 Å². The molecule has 1 atom stereocenters. The Bertz CT molecular complexity index is 1090. The molecule has 2 aromatic heterocycles. The SMILES string of the molecule is C[C@H](Nc1nc(Nc2cc(C3CC3)[nH]n2)c(F)c(I)c1C#N)c1ccc(F)cc1. The number of hydrogen-bond acceptors (Lipinski definition) is 5. The predicted octanol–water partition coefficient (Wildman–Crippen LogP) is 5.35. The van der Waals surface area contributed by atoms with Gasteiger partial charge >= 0.3 is 0 Å². The fourth-order valence-corrected chi connectivity index (χ4v) is 3.62. The van der Waals surface area contributed by atoms with Gasteiger partial charge in [-0.05, 0) is 60.1 Å². The highest BCUT2D eigenvalue weighted by Gasteiger charge is 2.26. The summed E-state index contributed by atoms with van der Waals surface area (Å²) in [4.78, 5) is 4.30. The largest absolute Gasteiger partial charge is 0.362 e. The molecule has 1 aliphatic carbocycles. The second kappa shape index (κ2) is 7.94. The molecule has 0 bridgehead atoms. The van der Waals surface area contributed by atoms with Crippen LogP contribution in [-0.2, 0) is 0 Å². The molecule has 0 unspecified atom stereocenters. The van der Waals surface area contributed by atoms with Crippen LogP contribution in [0.2, 0.25) is 0 Å². The lowest BCUT2D eigenvalue weighted by atomic mass is 10.1. The van der Waals surface area contributed by atoms with E-state index in [1.165, 1.54) is 12.1 Å². The third kappa shape index (κ3) is 4.17. The third-order valence-corrected chi connectivity index (χ3v) is 5.79. The van der Waals surface area contributed by atoms with Crippen molar-refractivity contribution in [1.29, 1.82) is 5.26 Å². The predicted molar refractivity (Wildman–Crippen MR) is 114 cm³/mol. The van der Waals surface area contributed by atoms with E-state index >= 15 is 0 Å². The average Bonchev–Trinajstić information content (AvgIpc) is 3.46. The summed E-state index contributed by atoms with van der Waals surface area (Å²) in [6.07, 6.45) is 2.25. The van der Waals surface area contributed by atoms with Crippen molar-refractivity contribution in [2.24, 2.45) is 0 Å². The number of aromatic amines is 1. The van der Waals surface area contributed by atoms with E-state index in [4.69, 9.17) is 0 Å². The number of benzene rings is 1. The molecule has 1 aromatic carbocycles. The molecule has 1 saturated carbocycles. The highest BCUT2D eigenvalue weighted by atomic mass is 127. The Balaban J connectivity index is 1.63. The van der Waals surface area contributed by atoms with E-state index in [1.54, 1.807) is 34.7 Å². The fraction of sp³-hybridized carbons (Fsp3) is 0.250. The molecule has 0 amide bonds. The summed E-state index contributed by atoms with van der Waals surface area (Å²) in [5, 5.41) is 22.7. The molecule has 2 heterocycles. The lowest BCUT2D eigenvalue weighted by molar-refractivity contribution is 0.617. The lowest BCUT2D eigenvalue weighted by Gasteiger charge is -2.18. The number of anilines is 3. The lowest BCUT2D eigenvalue weighted by Crippen LogP contribution is -2.12. The number of pyridine rings is 1. The van der Waals surface area contributed by atoms with Crippen LogP contribution in [0, 0.1) is 26.5 Å². The molecule has 6 nitrogen and oxygen atoms in total. The van der Waals surface area contributed by atoms with Gasteiger partial charge in [0.25, 0.3) is 0 Å². The molecule has 9 heteroatoms. The van der Waals surface area contributed by atoms with E-state index < -0.39 is 5.82 Å². The Morgan fingerprint density at radius 1 is 1.24 bits per heavy atom. The Kier molecular flexibility index (Phi) is 5.36. The fourth-order valence-electron chi connectivity index (χ4n) is 2.99. The highest BCUT2D eigenvalue weighted by molar-refractivity contribution is 14.1. The van der Waals surface area contributed by atoms with Crippen molar-refractivity contribution in [3.8, 4) is 6.07 Å². The molecule has 1 aliphatic rings. The smallest absolute Gasteiger partial charge is 0.180 e. The zero-order valence-electron chi connectivity index (χ0n) is 15.4. The molecular formula is C20H17F2IN6. The monoisotopic (exact) mass is 506 g/mol. The number of nitriles is 1. The van der Waals surface area contributed by atoms with Crippen molar-refractivity contribution < 1.29 is 8.78 Å². The van der Waals surface area contributed by atoms with Crippen molar-refractivity contribution >= 4 is 40.0 Å². The van der Waals surface area contributed by atoms with E-state index in [1.807, 2.05) is 19.1 Å². The number of nitrogens with one attached hydrogen (secondary N) is 3. The Morgan fingerprint density at radius 3 is 2.62 bits per heavy atom. The average molecular weight is 506 g/mol. The summed E-state index contributed by atoms with van der Waals surface area (Å²) in [5.41, 5.74) is 1.94. The summed E-state index contributed by atoms with van der Waals surface area (Å²) in [6, 6.07) is 9.61. The van der Waals surface area contributed by atoms with Gasteiger partial charge in [-0.3, -0.25) is 5.10 Å². The molecule has 0 spiro atoms. The number of aromatic nitrogens is 3. The first-order valence-electron chi connectivity index (χ1n) is 9.09. The van der Waals surface area contributed by atoms with Crippen LogP contribution in [0.4, 0.5) is 26.2 Å². The molecule has 29 heavy (non-hydrogen) atoms. The van der Waals surface area contributed by atoms with E-state index in [0.29, 0.717) is 11.7 Å². The summed E-state index contributed by atoms with van der Waals surface area (Å²) in [6.45, 7) is 1.86. The number of nitrogens with zero attached hydrogens (tertiary/aromatic N) is 3. The van der Waals surface area contributed by atoms with Gasteiger partial charge in [0, 0.05) is 23.7 Å². The molecule has 1 fully saturated rings. The quantitative estimate of drug-likeness (QED) is 0.392. The Labute approximate surface area is 179 Å². The van der Waals surface area contributed by atoms with Gasteiger partial charge in [-0.15, -0.1) is 0 Å². The normalized spacial score (nSPS) is 14.3. The zero-order valence-corrected chi connectivity index (χ0v) is 17.6. The summed E-state index contributed by atoms with van der Waals surface area (Å²) in [7, 11) is 0. The first kappa shape index (κ1) is 19.6. The van der Waals surface area contributed by atoms with Crippen LogP contribution in [0.25, 0.3) is 0 Å². The minimum absolute atomic E-state index is 0.0175. The van der Waals surface area contributed by atoms with E-state index in [2.05, 4.69) is 25.8 Å². The van der Waals surface area contributed by atoms with Crippen molar-refractivity contribution in [3.05, 3.63) is 62.4 Å². The second-order valence-corrected chi connectivity index (χ2v) is 8.03. The van der Waals surface area contributed by atoms with Crippen LogP contribution in [-0.4, -0.2) is 15.2 Å². The number of rotatable bonds is 6. The van der Waals surface area contributed by atoms with Gasteiger partial charge in [0.15, 0.2) is 17.5 Å². The number of hydrogen-bond donors (Lipinski definition) is 3. The van der Waals surface area contributed by atoms with Crippen LogP contribution in [0.5, 0.6) is 0 Å². The maximum atomic E-state index is 14.8. The standard InChI is InChI=1S/C20H17F2IN6/c1-10(11-4-6-13(21)7-5-11)25-19-14(9-24)18(23)17(22)20(27-19)26-16-8-15(28-29-16)12-2-3-12/h4-8,10,12H,2-3H2,1H3,(H3,25,26,27,28,29)/t10-/m0/s1. The molecule has 4 rings (SSSR count). The van der Waals surface area contributed by atoms with Crippen LogP contribution in [0.1, 0.15) is 48.5 Å². The molecule has 0 saturated heterocycles. The van der Waals surface area contributed by atoms with E-state index in [9.17, 15) is 14.0 Å². The minimum atomic E-state index is -0.613. The number of H-pyrrole nitrogens is 1. The van der Waals surface area contributed by atoms with Gasteiger partial charge in [-0.2, -0.15) is 10.4 Å². The minimum Gasteiger partial charge on any atom is -0.362 e. The van der Waals surface area contributed by atoms with Crippen LogP contribution in [0.3, 0.4) is 0 Å². The van der Waals surface area contributed by atoms with Gasteiger partial charge in [0.2, 0.25) is 0 Å². The van der Waals surface area contributed by atoms with Crippen LogP contribution in [0.15, 0.2) is 30.3 Å². The third-order valence-electron chi connectivity index (χ3n) is 4.78.